The number of aliphatic hydroxyl groups is 1. The molecule has 0 radical (unpaired) electrons. The summed E-state index contributed by atoms with van der Waals surface area (Å²) in [5, 5.41) is 11.9. The van der Waals surface area contributed by atoms with Gasteiger partial charge >= 0.3 is 0 Å². The van der Waals surface area contributed by atoms with Crippen molar-refractivity contribution in [1.82, 2.24) is 4.90 Å². The molecule has 0 saturated carbocycles. The first-order chi connectivity index (χ1) is 9.08. The molecule has 1 amide bonds. The van der Waals surface area contributed by atoms with Gasteiger partial charge in [-0.3, -0.25) is 9.69 Å². The first kappa shape index (κ1) is 14.2. The smallest absolute Gasteiger partial charge is 0.238 e. The van der Waals surface area contributed by atoms with Crippen molar-refractivity contribution < 1.29 is 14.3 Å². The van der Waals surface area contributed by atoms with Crippen molar-refractivity contribution in [2.24, 2.45) is 5.92 Å². The summed E-state index contributed by atoms with van der Waals surface area (Å²) in [6, 6.07) is 4.03. The number of halogens is 2. The average Bonchev–Trinajstić information content (AvgIpc) is 2.81. The third-order valence-electron chi connectivity index (χ3n) is 3.20. The van der Waals surface area contributed by atoms with Crippen molar-refractivity contribution in [3.05, 3.63) is 29.0 Å². The van der Waals surface area contributed by atoms with E-state index in [9.17, 15) is 9.18 Å². The molecule has 19 heavy (non-hydrogen) atoms. The number of carbonyl (C=O) groups is 1. The molecule has 1 unspecified atom stereocenters. The van der Waals surface area contributed by atoms with Gasteiger partial charge in [-0.15, -0.1) is 0 Å². The zero-order valence-electron chi connectivity index (χ0n) is 10.4. The lowest BCUT2D eigenvalue weighted by molar-refractivity contribution is -0.117. The van der Waals surface area contributed by atoms with Crippen LogP contribution in [0.2, 0.25) is 5.02 Å². The maximum Gasteiger partial charge on any atom is 0.238 e. The minimum atomic E-state index is -0.507. The van der Waals surface area contributed by atoms with Crippen molar-refractivity contribution in [3.8, 4) is 0 Å². The van der Waals surface area contributed by atoms with Gasteiger partial charge < -0.3 is 10.4 Å². The van der Waals surface area contributed by atoms with Gasteiger partial charge in [-0.25, -0.2) is 4.39 Å². The van der Waals surface area contributed by atoms with Crippen molar-refractivity contribution in [2.75, 3.05) is 31.6 Å². The van der Waals surface area contributed by atoms with Crippen LogP contribution < -0.4 is 5.32 Å². The second-order valence-electron chi connectivity index (χ2n) is 4.74. The Morgan fingerprint density at radius 3 is 3.05 bits per heavy atom. The van der Waals surface area contributed by atoms with E-state index >= 15 is 0 Å². The number of aliphatic hydroxyl groups excluding tert-OH is 1. The molecule has 1 heterocycles. The molecule has 0 bridgehead atoms. The first-order valence-corrected chi connectivity index (χ1v) is 6.54. The van der Waals surface area contributed by atoms with E-state index in [0.29, 0.717) is 11.6 Å². The van der Waals surface area contributed by atoms with Gasteiger partial charge in [0.25, 0.3) is 0 Å². The summed E-state index contributed by atoms with van der Waals surface area (Å²) in [7, 11) is 0. The predicted octanol–water partition coefficient (Wildman–Crippen LogP) is 1.73. The van der Waals surface area contributed by atoms with Gasteiger partial charge in [0.1, 0.15) is 5.82 Å². The lowest BCUT2D eigenvalue weighted by Crippen LogP contribution is -2.32. The van der Waals surface area contributed by atoms with Crippen molar-refractivity contribution in [1.29, 1.82) is 0 Å². The monoisotopic (exact) mass is 286 g/mol. The van der Waals surface area contributed by atoms with Crippen LogP contribution in [-0.4, -0.2) is 42.2 Å². The highest BCUT2D eigenvalue weighted by atomic mass is 35.5. The number of amides is 1. The van der Waals surface area contributed by atoms with Gasteiger partial charge in [0.2, 0.25) is 5.91 Å². The van der Waals surface area contributed by atoms with E-state index in [4.69, 9.17) is 16.7 Å². The third kappa shape index (κ3) is 3.89. The molecule has 1 aliphatic heterocycles. The van der Waals surface area contributed by atoms with Crippen LogP contribution in [0, 0.1) is 11.7 Å². The van der Waals surface area contributed by atoms with Crippen LogP contribution >= 0.6 is 11.6 Å². The number of nitrogens with one attached hydrogen (secondary N) is 1. The van der Waals surface area contributed by atoms with Crippen LogP contribution in [0.25, 0.3) is 0 Å². The van der Waals surface area contributed by atoms with E-state index in [0.717, 1.165) is 13.0 Å². The van der Waals surface area contributed by atoms with E-state index in [1.807, 2.05) is 4.90 Å². The van der Waals surface area contributed by atoms with Crippen molar-refractivity contribution in [2.45, 2.75) is 6.42 Å². The molecule has 2 rings (SSSR count). The van der Waals surface area contributed by atoms with E-state index in [1.54, 1.807) is 0 Å². The zero-order chi connectivity index (χ0) is 13.8. The van der Waals surface area contributed by atoms with Crippen LogP contribution in [0.1, 0.15) is 6.42 Å². The molecule has 1 saturated heterocycles. The Kier molecular flexibility index (Phi) is 4.74. The topological polar surface area (TPSA) is 52.6 Å². The highest BCUT2D eigenvalue weighted by Gasteiger charge is 2.23. The number of rotatable bonds is 4. The minimum Gasteiger partial charge on any atom is -0.396 e. The lowest BCUT2D eigenvalue weighted by Gasteiger charge is -2.15. The standard InChI is InChI=1S/C13H16ClFN2O2/c14-10-1-2-11(15)12(5-10)16-13(19)7-17-4-3-9(6-17)8-18/h1-2,5,9,18H,3-4,6-8H2,(H,16,19). The quantitative estimate of drug-likeness (QED) is 0.886. The zero-order valence-corrected chi connectivity index (χ0v) is 11.2. The molecule has 4 nitrogen and oxygen atoms in total. The molecule has 0 spiro atoms. The van der Waals surface area contributed by atoms with Crippen molar-refractivity contribution in [3.63, 3.8) is 0 Å². The maximum atomic E-state index is 13.4. The molecule has 1 aliphatic rings. The Morgan fingerprint density at radius 1 is 1.58 bits per heavy atom. The summed E-state index contributed by atoms with van der Waals surface area (Å²) >= 11 is 5.75. The summed E-state index contributed by atoms with van der Waals surface area (Å²) in [5.74, 6) is -0.553. The number of benzene rings is 1. The van der Waals surface area contributed by atoms with E-state index in [-0.39, 0.29) is 30.7 Å². The molecule has 0 aliphatic carbocycles. The predicted molar refractivity (Wildman–Crippen MR) is 71.7 cm³/mol. The number of nitrogens with zero attached hydrogens (tertiary/aromatic N) is 1. The Labute approximate surface area is 116 Å². The SMILES string of the molecule is O=C(CN1CCC(CO)C1)Nc1cc(Cl)ccc1F. The summed E-state index contributed by atoms with van der Waals surface area (Å²) in [4.78, 5) is 13.7. The van der Waals surface area contributed by atoms with Gasteiger partial charge in [-0.2, -0.15) is 0 Å². The maximum absolute atomic E-state index is 13.4. The van der Waals surface area contributed by atoms with Gasteiger partial charge in [-0.1, -0.05) is 11.6 Å². The summed E-state index contributed by atoms with van der Waals surface area (Å²) in [6.07, 6.45) is 0.884. The molecule has 2 N–H and O–H groups in total. The fourth-order valence-electron chi connectivity index (χ4n) is 2.19. The Morgan fingerprint density at radius 2 is 2.37 bits per heavy atom. The summed E-state index contributed by atoms with van der Waals surface area (Å²) in [5.41, 5.74) is 0.0930. The highest BCUT2D eigenvalue weighted by Crippen LogP contribution is 2.20. The van der Waals surface area contributed by atoms with Gasteiger partial charge in [0, 0.05) is 18.2 Å². The van der Waals surface area contributed by atoms with Gasteiger partial charge in [0.05, 0.1) is 12.2 Å². The Balaban J connectivity index is 1.89. The normalized spacial score (nSPS) is 19.6. The van der Waals surface area contributed by atoms with Crippen LogP contribution in [0.3, 0.4) is 0 Å². The molecule has 1 aromatic rings. The molecule has 0 aromatic heterocycles. The largest absolute Gasteiger partial charge is 0.396 e. The van der Waals surface area contributed by atoms with Crippen LogP contribution in [-0.2, 0) is 4.79 Å². The lowest BCUT2D eigenvalue weighted by atomic mass is 10.1. The molecule has 1 aromatic carbocycles. The summed E-state index contributed by atoms with van der Waals surface area (Å²) in [6.45, 7) is 1.81. The van der Waals surface area contributed by atoms with Gasteiger partial charge in [0.15, 0.2) is 0 Å². The number of anilines is 1. The number of likely N-dealkylation sites (tertiary alicyclic amines) is 1. The number of hydrogen-bond acceptors (Lipinski definition) is 3. The number of hydrogen-bond donors (Lipinski definition) is 2. The molecule has 1 atom stereocenters. The Hall–Kier alpha value is -1.17. The fourth-order valence-corrected chi connectivity index (χ4v) is 2.36. The molecule has 6 heteroatoms. The highest BCUT2D eigenvalue weighted by molar-refractivity contribution is 6.30. The third-order valence-corrected chi connectivity index (χ3v) is 3.43. The second kappa shape index (κ2) is 6.32. The molecule has 1 fully saturated rings. The first-order valence-electron chi connectivity index (χ1n) is 6.16. The Bertz CT molecular complexity index is 470. The van der Waals surface area contributed by atoms with Crippen LogP contribution in [0.5, 0.6) is 0 Å². The fraction of sp³-hybridized carbons (Fsp3) is 0.462. The molecular formula is C13H16ClFN2O2. The second-order valence-corrected chi connectivity index (χ2v) is 5.18. The minimum absolute atomic E-state index is 0.0930. The van der Waals surface area contributed by atoms with E-state index < -0.39 is 5.82 Å². The number of carbonyl (C=O) groups excluding carboxylic acids is 1. The van der Waals surface area contributed by atoms with Crippen LogP contribution in [0.15, 0.2) is 18.2 Å². The summed E-state index contributed by atoms with van der Waals surface area (Å²) < 4.78 is 13.4. The van der Waals surface area contributed by atoms with E-state index in [1.165, 1.54) is 18.2 Å². The molecule has 104 valence electrons. The van der Waals surface area contributed by atoms with Crippen molar-refractivity contribution >= 4 is 23.2 Å². The van der Waals surface area contributed by atoms with Crippen LogP contribution in [0.4, 0.5) is 10.1 Å². The van der Waals surface area contributed by atoms with E-state index in [2.05, 4.69) is 5.32 Å². The van der Waals surface area contributed by atoms with Gasteiger partial charge in [-0.05, 0) is 37.1 Å². The average molecular weight is 287 g/mol. The molecular weight excluding hydrogens is 271 g/mol.